The van der Waals surface area contributed by atoms with Gasteiger partial charge in [0.15, 0.2) is 4.90 Å². The van der Waals surface area contributed by atoms with Gasteiger partial charge in [-0.05, 0) is 24.5 Å². The van der Waals surface area contributed by atoms with Crippen LogP contribution in [-0.2, 0) is 10.0 Å². The number of sulfonamides is 1. The molecule has 0 aromatic heterocycles. The lowest BCUT2D eigenvalue weighted by molar-refractivity contribution is -0.387. The van der Waals surface area contributed by atoms with Crippen LogP contribution in [0.1, 0.15) is 20.3 Å². The quantitative estimate of drug-likeness (QED) is 0.532. The number of ether oxygens (including phenoxy) is 1. The van der Waals surface area contributed by atoms with Crippen molar-refractivity contribution < 1.29 is 18.1 Å². The molecule has 3 N–H and O–H groups in total. The number of halogens is 1. The Kier molecular flexibility index (Phi) is 8.46. The Morgan fingerprint density at radius 1 is 1.39 bits per heavy atom. The molecule has 0 heterocycles. The smallest absolute Gasteiger partial charge is 0.293 e. The average molecular weight is 368 g/mol. The second-order valence-electron chi connectivity index (χ2n) is 5.27. The average Bonchev–Trinajstić information content (AvgIpc) is 2.44. The van der Waals surface area contributed by atoms with E-state index in [0.29, 0.717) is 6.42 Å². The van der Waals surface area contributed by atoms with Crippen LogP contribution in [0, 0.1) is 16.0 Å². The molecule has 1 aromatic rings. The molecule has 1 aromatic carbocycles. The highest BCUT2D eigenvalue weighted by molar-refractivity contribution is 7.89. The second-order valence-corrected chi connectivity index (χ2v) is 6.96. The molecule has 0 spiro atoms. The number of nitro benzene ring substituents is 1. The predicted molar refractivity (Wildman–Crippen MR) is 89.5 cm³/mol. The number of hydrogen-bond donors (Lipinski definition) is 2. The first kappa shape index (κ1) is 21.6. The van der Waals surface area contributed by atoms with E-state index in [9.17, 15) is 18.5 Å². The first-order valence-corrected chi connectivity index (χ1v) is 8.24. The van der Waals surface area contributed by atoms with E-state index in [-0.39, 0.29) is 30.6 Å². The van der Waals surface area contributed by atoms with Crippen LogP contribution in [0.4, 0.5) is 5.69 Å². The highest BCUT2D eigenvalue weighted by Crippen LogP contribution is 2.28. The predicted octanol–water partition coefficient (Wildman–Crippen LogP) is 1.68. The summed E-state index contributed by atoms with van der Waals surface area (Å²) in [6.45, 7) is 3.99. The van der Waals surface area contributed by atoms with Crippen molar-refractivity contribution in [3.05, 3.63) is 28.3 Å². The molecule has 0 saturated carbocycles. The van der Waals surface area contributed by atoms with Gasteiger partial charge < -0.3 is 10.5 Å². The maximum absolute atomic E-state index is 12.4. The van der Waals surface area contributed by atoms with Gasteiger partial charge in [0.25, 0.3) is 5.69 Å². The summed E-state index contributed by atoms with van der Waals surface area (Å²) in [6.07, 6.45) is 0.541. The van der Waals surface area contributed by atoms with Gasteiger partial charge >= 0.3 is 0 Å². The second kappa shape index (κ2) is 9.02. The minimum Gasteiger partial charge on any atom is -0.497 e. The molecule has 0 aliphatic rings. The third-order valence-electron chi connectivity index (χ3n) is 3.01. The van der Waals surface area contributed by atoms with Gasteiger partial charge in [0.05, 0.1) is 18.1 Å². The van der Waals surface area contributed by atoms with Crippen LogP contribution in [-0.4, -0.2) is 33.0 Å². The van der Waals surface area contributed by atoms with Crippen LogP contribution in [0.5, 0.6) is 5.75 Å². The number of hydrogen-bond acceptors (Lipinski definition) is 6. The highest BCUT2D eigenvalue weighted by atomic mass is 35.5. The summed E-state index contributed by atoms with van der Waals surface area (Å²) < 4.78 is 32.1. The lowest BCUT2D eigenvalue weighted by Gasteiger charge is -2.18. The van der Waals surface area contributed by atoms with E-state index in [1.807, 2.05) is 13.8 Å². The first-order valence-electron chi connectivity index (χ1n) is 6.76. The van der Waals surface area contributed by atoms with Crippen molar-refractivity contribution in [1.29, 1.82) is 0 Å². The van der Waals surface area contributed by atoms with Gasteiger partial charge in [0, 0.05) is 12.6 Å². The fourth-order valence-corrected chi connectivity index (χ4v) is 3.45. The number of methoxy groups -OCH3 is 1. The Bertz CT molecular complexity index is 636. The number of nitrogens with zero attached hydrogens (tertiary/aromatic N) is 1. The van der Waals surface area contributed by atoms with Crippen LogP contribution in [0.3, 0.4) is 0 Å². The summed E-state index contributed by atoms with van der Waals surface area (Å²) in [5.41, 5.74) is 5.03. The standard InChI is InChI=1S/C13H21N3O5S.ClH/c1-9(2)6-10(8-14)15-22(19,20)13-5-4-11(21-3)7-12(13)16(17)18;/h4-5,7,9-10,15H,6,8,14H2,1-3H3;1H. The van der Waals surface area contributed by atoms with Crippen molar-refractivity contribution in [3.63, 3.8) is 0 Å². The fourth-order valence-electron chi connectivity index (χ4n) is 2.04. The van der Waals surface area contributed by atoms with E-state index in [4.69, 9.17) is 10.5 Å². The van der Waals surface area contributed by atoms with Gasteiger partial charge in [0.2, 0.25) is 10.0 Å². The van der Waals surface area contributed by atoms with Crippen molar-refractivity contribution in [1.82, 2.24) is 4.72 Å². The first-order chi connectivity index (χ1) is 10.2. The van der Waals surface area contributed by atoms with Crippen molar-refractivity contribution in [2.75, 3.05) is 13.7 Å². The van der Waals surface area contributed by atoms with Gasteiger partial charge in [-0.1, -0.05) is 13.8 Å². The van der Waals surface area contributed by atoms with Crippen molar-refractivity contribution >= 4 is 28.1 Å². The highest BCUT2D eigenvalue weighted by Gasteiger charge is 2.28. The minimum atomic E-state index is -4.05. The SMILES string of the molecule is COc1ccc(S(=O)(=O)NC(CN)CC(C)C)c([N+](=O)[O-])c1.Cl. The third kappa shape index (κ3) is 5.94. The van der Waals surface area contributed by atoms with Crippen LogP contribution in [0.2, 0.25) is 0 Å². The van der Waals surface area contributed by atoms with E-state index < -0.39 is 31.6 Å². The van der Waals surface area contributed by atoms with Gasteiger partial charge in [-0.3, -0.25) is 10.1 Å². The summed E-state index contributed by atoms with van der Waals surface area (Å²) in [5, 5.41) is 11.1. The maximum atomic E-state index is 12.4. The van der Waals surface area contributed by atoms with Crippen molar-refractivity contribution in [3.8, 4) is 5.75 Å². The molecule has 8 nitrogen and oxygen atoms in total. The molecule has 23 heavy (non-hydrogen) atoms. The number of benzene rings is 1. The van der Waals surface area contributed by atoms with Crippen LogP contribution >= 0.6 is 12.4 Å². The number of rotatable bonds is 8. The molecule has 1 unspecified atom stereocenters. The maximum Gasteiger partial charge on any atom is 0.293 e. The van der Waals surface area contributed by atoms with Crippen LogP contribution in [0.15, 0.2) is 23.1 Å². The van der Waals surface area contributed by atoms with Gasteiger partial charge in [-0.15, -0.1) is 12.4 Å². The molecule has 0 aliphatic heterocycles. The molecule has 0 amide bonds. The molecular weight excluding hydrogens is 346 g/mol. The molecule has 0 aliphatic carbocycles. The fraction of sp³-hybridized carbons (Fsp3) is 0.538. The summed E-state index contributed by atoms with van der Waals surface area (Å²) in [6, 6.07) is 3.12. The van der Waals surface area contributed by atoms with Crippen LogP contribution < -0.4 is 15.2 Å². The molecule has 0 radical (unpaired) electrons. The molecule has 0 saturated heterocycles. The zero-order valence-corrected chi connectivity index (χ0v) is 14.8. The Hall–Kier alpha value is -1.42. The zero-order valence-electron chi connectivity index (χ0n) is 13.2. The Balaban J connectivity index is 0.00000484. The lowest BCUT2D eigenvalue weighted by Crippen LogP contribution is -2.41. The molecule has 0 bridgehead atoms. The zero-order chi connectivity index (χ0) is 16.9. The summed E-state index contributed by atoms with van der Waals surface area (Å²) in [4.78, 5) is 9.95. The van der Waals surface area contributed by atoms with Gasteiger partial charge in [-0.25, -0.2) is 13.1 Å². The van der Waals surface area contributed by atoms with E-state index in [2.05, 4.69) is 4.72 Å². The Labute approximate surface area is 142 Å². The van der Waals surface area contributed by atoms with Crippen molar-refractivity contribution in [2.24, 2.45) is 11.7 Å². The van der Waals surface area contributed by atoms with Crippen molar-refractivity contribution in [2.45, 2.75) is 31.2 Å². The summed E-state index contributed by atoms with van der Waals surface area (Å²) >= 11 is 0. The molecule has 0 fully saturated rings. The Morgan fingerprint density at radius 3 is 2.43 bits per heavy atom. The lowest BCUT2D eigenvalue weighted by atomic mass is 10.1. The number of nitrogens with one attached hydrogen (secondary N) is 1. The summed E-state index contributed by atoms with van der Waals surface area (Å²) in [7, 11) is -2.70. The third-order valence-corrected chi connectivity index (χ3v) is 4.58. The molecule has 10 heteroatoms. The topological polar surface area (TPSA) is 125 Å². The van der Waals surface area contributed by atoms with E-state index in [1.54, 1.807) is 0 Å². The molecule has 1 atom stereocenters. The number of nitro groups is 1. The largest absolute Gasteiger partial charge is 0.497 e. The Morgan fingerprint density at radius 2 is 2.00 bits per heavy atom. The van der Waals surface area contributed by atoms with E-state index >= 15 is 0 Å². The van der Waals surface area contributed by atoms with Crippen LogP contribution in [0.25, 0.3) is 0 Å². The minimum absolute atomic E-state index is 0. The summed E-state index contributed by atoms with van der Waals surface area (Å²) in [5.74, 6) is 0.449. The van der Waals surface area contributed by atoms with Gasteiger partial charge in [-0.2, -0.15) is 0 Å². The van der Waals surface area contributed by atoms with E-state index in [0.717, 1.165) is 12.1 Å². The monoisotopic (exact) mass is 367 g/mol. The normalized spacial score (nSPS) is 12.6. The number of nitrogens with two attached hydrogens (primary N) is 1. The molecule has 132 valence electrons. The van der Waals surface area contributed by atoms with Gasteiger partial charge in [0.1, 0.15) is 5.75 Å². The van der Waals surface area contributed by atoms with E-state index in [1.165, 1.54) is 13.2 Å². The molecular formula is C13H22ClN3O5S. The molecule has 1 rings (SSSR count).